The van der Waals surface area contributed by atoms with E-state index in [0.29, 0.717) is 19.8 Å². The van der Waals surface area contributed by atoms with Crippen LogP contribution in [0.1, 0.15) is 20.8 Å². The van der Waals surface area contributed by atoms with E-state index in [1.54, 1.807) is 18.9 Å². The molecule has 0 aromatic heterocycles. The lowest BCUT2D eigenvalue weighted by Gasteiger charge is -2.27. The molecule has 0 saturated carbocycles. The summed E-state index contributed by atoms with van der Waals surface area (Å²) in [6.07, 6.45) is 0. The van der Waals surface area contributed by atoms with Crippen molar-refractivity contribution in [3.05, 3.63) is 0 Å². The molecule has 1 atom stereocenters. The first-order valence-corrected chi connectivity index (χ1v) is 5.75. The van der Waals surface area contributed by atoms with E-state index >= 15 is 0 Å². The minimum absolute atomic E-state index is 0.0350. The van der Waals surface area contributed by atoms with Crippen molar-refractivity contribution >= 4 is 12.0 Å². The predicted molar refractivity (Wildman–Crippen MR) is 63.7 cm³/mol. The second kappa shape index (κ2) is 8.81. The van der Waals surface area contributed by atoms with E-state index in [1.165, 1.54) is 0 Å². The van der Waals surface area contributed by atoms with Crippen molar-refractivity contribution in [2.45, 2.75) is 26.8 Å². The minimum Gasteiger partial charge on any atom is -0.465 e. The Kier molecular flexibility index (Phi) is 8.13. The number of hydrogen-bond donors (Lipinski definition) is 1. The van der Waals surface area contributed by atoms with Gasteiger partial charge in [-0.15, -0.1) is 0 Å². The highest BCUT2D eigenvalue weighted by atomic mass is 16.5. The average molecular weight is 246 g/mol. The largest absolute Gasteiger partial charge is 0.465 e. The van der Waals surface area contributed by atoms with Gasteiger partial charge in [0.15, 0.2) is 0 Å². The van der Waals surface area contributed by atoms with Crippen LogP contribution in [0.3, 0.4) is 0 Å². The van der Waals surface area contributed by atoms with Gasteiger partial charge in [0, 0.05) is 13.7 Å². The Bertz CT molecular complexity index is 246. The van der Waals surface area contributed by atoms with Crippen LogP contribution in [0.4, 0.5) is 4.79 Å². The molecule has 1 N–H and O–H groups in total. The van der Waals surface area contributed by atoms with Crippen molar-refractivity contribution in [3.63, 3.8) is 0 Å². The highest BCUT2D eigenvalue weighted by Crippen LogP contribution is 1.99. The molecule has 0 fully saturated rings. The van der Waals surface area contributed by atoms with Gasteiger partial charge in [0.25, 0.3) is 0 Å². The van der Waals surface area contributed by atoms with Crippen molar-refractivity contribution in [2.75, 3.05) is 33.4 Å². The molecular weight excluding hydrogens is 224 g/mol. The lowest BCUT2D eigenvalue weighted by molar-refractivity contribution is -0.141. The van der Waals surface area contributed by atoms with E-state index in [1.807, 2.05) is 13.8 Å². The van der Waals surface area contributed by atoms with Crippen molar-refractivity contribution < 1.29 is 19.1 Å². The molecule has 6 heteroatoms. The van der Waals surface area contributed by atoms with E-state index < -0.39 is 5.97 Å². The maximum absolute atomic E-state index is 11.8. The van der Waals surface area contributed by atoms with Gasteiger partial charge in [-0.25, -0.2) is 4.79 Å². The predicted octanol–water partition coefficient (Wildman–Crippen LogP) is 0.616. The molecule has 0 bridgehead atoms. The van der Waals surface area contributed by atoms with Crippen LogP contribution in [0.15, 0.2) is 0 Å². The van der Waals surface area contributed by atoms with Gasteiger partial charge in [-0.2, -0.15) is 0 Å². The number of rotatable bonds is 7. The van der Waals surface area contributed by atoms with Gasteiger partial charge in [0.05, 0.1) is 19.3 Å². The Balaban J connectivity index is 4.12. The lowest BCUT2D eigenvalue weighted by atomic mass is 10.3. The van der Waals surface area contributed by atoms with Gasteiger partial charge in [0.2, 0.25) is 0 Å². The summed E-state index contributed by atoms with van der Waals surface area (Å²) in [6.45, 7) is 6.70. The van der Waals surface area contributed by atoms with Crippen LogP contribution in [0.5, 0.6) is 0 Å². The maximum atomic E-state index is 11.8. The first-order chi connectivity index (χ1) is 8.06. The summed E-state index contributed by atoms with van der Waals surface area (Å²) in [5.74, 6) is -0.434. The number of nitrogens with one attached hydrogen (secondary N) is 1. The second-order valence-electron chi connectivity index (χ2n) is 3.55. The molecule has 1 unspecified atom stereocenters. The first kappa shape index (κ1) is 15.7. The highest BCUT2D eigenvalue weighted by Gasteiger charge is 2.18. The van der Waals surface area contributed by atoms with Crippen LogP contribution >= 0.6 is 0 Å². The van der Waals surface area contributed by atoms with Crippen LogP contribution in [-0.2, 0) is 14.3 Å². The molecule has 6 nitrogen and oxygen atoms in total. The third-order valence-corrected chi connectivity index (χ3v) is 2.23. The molecule has 0 heterocycles. The normalized spacial score (nSPS) is 11.8. The van der Waals surface area contributed by atoms with E-state index in [-0.39, 0.29) is 18.6 Å². The standard InChI is InChI=1S/C11H22N2O4/c1-5-13(9(3)8-16-4)11(15)12-7-10(14)17-6-2/h9H,5-8H2,1-4H3,(H,12,15). The van der Waals surface area contributed by atoms with Gasteiger partial charge in [-0.3, -0.25) is 4.79 Å². The molecule has 0 rings (SSSR count). The van der Waals surface area contributed by atoms with Crippen LogP contribution in [-0.4, -0.2) is 56.4 Å². The van der Waals surface area contributed by atoms with E-state index in [4.69, 9.17) is 9.47 Å². The van der Waals surface area contributed by atoms with Crippen LogP contribution in [0, 0.1) is 0 Å². The van der Waals surface area contributed by atoms with E-state index in [9.17, 15) is 9.59 Å². The molecule has 0 spiro atoms. The lowest BCUT2D eigenvalue weighted by Crippen LogP contribution is -2.47. The highest BCUT2D eigenvalue weighted by molar-refractivity contribution is 5.81. The number of carbonyl (C=O) groups is 2. The number of nitrogens with zero attached hydrogens (tertiary/aromatic N) is 1. The molecule has 17 heavy (non-hydrogen) atoms. The SMILES string of the molecule is CCOC(=O)CNC(=O)N(CC)C(C)COC. The summed E-state index contributed by atoms with van der Waals surface area (Å²) in [7, 11) is 1.58. The number of likely N-dealkylation sites (N-methyl/N-ethyl adjacent to an activating group) is 1. The van der Waals surface area contributed by atoms with Gasteiger partial charge in [-0.05, 0) is 20.8 Å². The number of hydrogen-bond acceptors (Lipinski definition) is 4. The smallest absolute Gasteiger partial charge is 0.325 e. The number of esters is 1. The average Bonchev–Trinajstić information content (AvgIpc) is 2.28. The summed E-state index contributed by atoms with van der Waals surface area (Å²) in [5.41, 5.74) is 0. The number of methoxy groups -OCH3 is 1. The fourth-order valence-corrected chi connectivity index (χ4v) is 1.45. The Morgan fingerprint density at radius 2 is 2.00 bits per heavy atom. The molecule has 2 amide bonds. The molecule has 100 valence electrons. The number of carbonyl (C=O) groups excluding carboxylic acids is 2. The molecular formula is C11H22N2O4. The zero-order valence-electron chi connectivity index (χ0n) is 11.0. The zero-order valence-corrected chi connectivity index (χ0v) is 11.0. The quantitative estimate of drug-likeness (QED) is 0.668. The van der Waals surface area contributed by atoms with Gasteiger partial charge in [0.1, 0.15) is 6.54 Å². The Morgan fingerprint density at radius 3 is 2.47 bits per heavy atom. The number of urea groups is 1. The molecule has 0 aliphatic heterocycles. The Hall–Kier alpha value is -1.30. The molecule has 0 aromatic carbocycles. The molecule has 0 aliphatic carbocycles. The third kappa shape index (κ3) is 6.11. The molecule has 0 radical (unpaired) electrons. The topological polar surface area (TPSA) is 67.9 Å². The maximum Gasteiger partial charge on any atom is 0.325 e. The second-order valence-corrected chi connectivity index (χ2v) is 3.55. The summed E-state index contributed by atoms with van der Waals surface area (Å²) in [4.78, 5) is 24.4. The first-order valence-electron chi connectivity index (χ1n) is 5.75. The van der Waals surface area contributed by atoms with Crippen molar-refractivity contribution in [3.8, 4) is 0 Å². The Morgan fingerprint density at radius 1 is 1.35 bits per heavy atom. The summed E-state index contributed by atoms with van der Waals surface area (Å²) in [5, 5.41) is 2.51. The molecule has 0 aliphatic rings. The zero-order chi connectivity index (χ0) is 13.3. The molecule has 0 saturated heterocycles. The van der Waals surface area contributed by atoms with Crippen molar-refractivity contribution in [1.82, 2.24) is 10.2 Å². The van der Waals surface area contributed by atoms with Crippen LogP contribution in [0.2, 0.25) is 0 Å². The van der Waals surface area contributed by atoms with Crippen LogP contribution in [0.25, 0.3) is 0 Å². The van der Waals surface area contributed by atoms with E-state index in [2.05, 4.69) is 5.32 Å². The van der Waals surface area contributed by atoms with Crippen LogP contribution < -0.4 is 5.32 Å². The fourth-order valence-electron chi connectivity index (χ4n) is 1.45. The van der Waals surface area contributed by atoms with Crippen molar-refractivity contribution in [1.29, 1.82) is 0 Å². The van der Waals surface area contributed by atoms with Crippen molar-refractivity contribution in [2.24, 2.45) is 0 Å². The summed E-state index contributed by atoms with van der Waals surface area (Å²) in [6, 6.07) is -0.322. The third-order valence-electron chi connectivity index (χ3n) is 2.23. The summed E-state index contributed by atoms with van der Waals surface area (Å²) >= 11 is 0. The van der Waals surface area contributed by atoms with E-state index in [0.717, 1.165) is 0 Å². The Labute approximate surface area is 102 Å². The fraction of sp³-hybridized carbons (Fsp3) is 0.818. The van der Waals surface area contributed by atoms with Gasteiger partial charge < -0.3 is 19.7 Å². The van der Waals surface area contributed by atoms with Gasteiger partial charge in [-0.1, -0.05) is 0 Å². The number of amides is 2. The number of ether oxygens (including phenoxy) is 2. The minimum atomic E-state index is -0.434. The molecule has 0 aromatic rings. The summed E-state index contributed by atoms with van der Waals surface area (Å²) < 4.78 is 9.70. The van der Waals surface area contributed by atoms with Gasteiger partial charge >= 0.3 is 12.0 Å². The monoisotopic (exact) mass is 246 g/mol.